The molecule has 0 bridgehead atoms. The van der Waals surface area contributed by atoms with Crippen molar-refractivity contribution in [1.29, 1.82) is 0 Å². The molecule has 1 aromatic heterocycles. The quantitative estimate of drug-likeness (QED) is 0.869. The number of hydrogen-bond acceptors (Lipinski definition) is 5. The first-order valence-electron chi connectivity index (χ1n) is 6.25. The first kappa shape index (κ1) is 14.2. The molecule has 1 aliphatic heterocycles. The summed E-state index contributed by atoms with van der Waals surface area (Å²) in [5, 5.41) is 2.87. The molecule has 6 nitrogen and oxygen atoms in total. The van der Waals surface area contributed by atoms with Crippen molar-refractivity contribution >= 4 is 15.8 Å². The average Bonchev–Trinajstić information content (AvgIpc) is 2.89. The maximum Gasteiger partial charge on any atom is 0.244 e. The van der Waals surface area contributed by atoms with Crippen molar-refractivity contribution in [3.05, 3.63) is 18.3 Å². The second kappa shape index (κ2) is 5.44. The fourth-order valence-electron chi connectivity index (χ4n) is 2.18. The number of hydrogen-bond donors (Lipinski definition) is 1. The predicted molar refractivity (Wildman–Crippen MR) is 74.6 cm³/mol. The van der Waals surface area contributed by atoms with Crippen LogP contribution in [0.2, 0.25) is 0 Å². The average molecular weight is 284 g/mol. The fraction of sp³-hybridized carbons (Fsp3) is 0.583. The van der Waals surface area contributed by atoms with Gasteiger partial charge in [0.1, 0.15) is 10.7 Å². The number of aromatic nitrogens is 1. The van der Waals surface area contributed by atoms with Gasteiger partial charge in [-0.05, 0) is 32.6 Å². The van der Waals surface area contributed by atoms with E-state index >= 15 is 0 Å². The predicted octanol–water partition coefficient (Wildman–Crippen LogP) is 0.448. The van der Waals surface area contributed by atoms with Crippen LogP contribution in [0.4, 0.5) is 5.82 Å². The van der Waals surface area contributed by atoms with Gasteiger partial charge in [-0.3, -0.25) is 0 Å². The van der Waals surface area contributed by atoms with Crippen LogP contribution in [0.5, 0.6) is 0 Å². The lowest BCUT2D eigenvalue weighted by atomic mass is 10.2. The van der Waals surface area contributed by atoms with E-state index in [-0.39, 0.29) is 4.90 Å². The van der Waals surface area contributed by atoms with Gasteiger partial charge in [0.2, 0.25) is 10.0 Å². The molecule has 1 fully saturated rings. The summed E-state index contributed by atoms with van der Waals surface area (Å²) >= 11 is 0. The van der Waals surface area contributed by atoms with Crippen molar-refractivity contribution < 1.29 is 8.42 Å². The van der Waals surface area contributed by atoms with Crippen LogP contribution in [0.15, 0.2) is 23.2 Å². The highest BCUT2D eigenvalue weighted by molar-refractivity contribution is 7.89. The van der Waals surface area contributed by atoms with Crippen LogP contribution in [0.3, 0.4) is 0 Å². The van der Waals surface area contributed by atoms with Crippen LogP contribution < -0.4 is 5.32 Å². The Morgan fingerprint density at radius 3 is 2.63 bits per heavy atom. The van der Waals surface area contributed by atoms with E-state index in [1.54, 1.807) is 19.2 Å². The molecule has 0 saturated carbocycles. The lowest BCUT2D eigenvalue weighted by Crippen LogP contribution is -2.34. The van der Waals surface area contributed by atoms with Gasteiger partial charge in [-0.25, -0.2) is 13.4 Å². The molecule has 2 rings (SSSR count). The lowest BCUT2D eigenvalue weighted by Gasteiger charge is -2.20. The molecule has 0 amide bonds. The van der Waals surface area contributed by atoms with Crippen LogP contribution >= 0.6 is 0 Å². The molecule has 7 heteroatoms. The molecule has 0 aromatic carbocycles. The minimum absolute atomic E-state index is 0.255. The number of pyridine rings is 1. The monoisotopic (exact) mass is 284 g/mol. The van der Waals surface area contributed by atoms with Gasteiger partial charge in [-0.15, -0.1) is 0 Å². The van der Waals surface area contributed by atoms with Gasteiger partial charge in [0.15, 0.2) is 0 Å². The zero-order valence-corrected chi connectivity index (χ0v) is 12.3. The topological polar surface area (TPSA) is 65.5 Å². The number of nitrogens with zero attached hydrogens (tertiary/aromatic N) is 3. The molecule has 1 aliphatic rings. The van der Waals surface area contributed by atoms with Crippen molar-refractivity contribution in [3.63, 3.8) is 0 Å². The van der Waals surface area contributed by atoms with E-state index < -0.39 is 10.0 Å². The third-order valence-corrected chi connectivity index (χ3v) is 5.34. The van der Waals surface area contributed by atoms with Crippen molar-refractivity contribution in [3.8, 4) is 0 Å². The summed E-state index contributed by atoms with van der Waals surface area (Å²) < 4.78 is 26.4. The summed E-state index contributed by atoms with van der Waals surface area (Å²) in [5.41, 5.74) is 0. The van der Waals surface area contributed by atoms with Crippen molar-refractivity contribution in [2.75, 3.05) is 39.5 Å². The fourth-order valence-corrected chi connectivity index (χ4v) is 3.62. The van der Waals surface area contributed by atoms with E-state index in [1.165, 1.54) is 10.5 Å². The lowest BCUT2D eigenvalue weighted by molar-refractivity contribution is 0.302. The molecule has 1 unspecified atom stereocenters. The number of rotatable bonds is 4. The van der Waals surface area contributed by atoms with Gasteiger partial charge >= 0.3 is 0 Å². The minimum Gasteiger partial charge on any atom is -0.373 e. The molecule has 1 saturated heterocycles. The minimum atomic E-state index is -3.41. The van der Waals surface area contributed by atoms with Crippen LogP contribution in [0, 0.1) is 0 Å². The maximum absolute atomic E-state index is 12.4. The SMILES string of the molecule is CNc1ccc(S(=O)(=O)N2CCC(N(C)C)C2)cn1. The maximum atomic E-state index is 12.4. The van der Waals surface area contributed by atoms with E-state index in [1.807, 2.05) is 14.1 Å². The van der Waals surface area contributed by atoms with Gasteiger partial charge < -0.3 is 10.2 Å². The highest BCUT2D eigenvalue weighted by Crippen LogP contribution is 2.22. The van der Waals surface area contributed by atoms with Gasteiger partial charge in [0, 0.05) is 32.4 Å². The molecule has 2 heterocycles. The third kappa shape index (κ3) is 2.88. The molecule has 1 atom stereocenters. The van der Waals surface area contributed by atoms with Crippen LogP contribution in [-0.2, 0) is 10.0 Å². The Hall–Kier alpha value is -1.18. The molecular formula is C12H20N4O2S. The second-order valence-corrected chi connectivity index (χ2v) is 6.84. The smallest absolute Gasteiger partial charge is 0.244 e. The summed E-state index contributed by atoms with van der Waals surface area (Å²) in [7, 11) is 2.29. The zero-order valence-electron chi connectivity index (χ0n) is 11.5. The Morgan fingerprint density at radius 1 is 1.42 bits per heavy atom. The summed E-state index contributed by atoms with van der Waals surface area (Å²) in [6.45, 7) is 1.11. The Kier molecular flexibility index (Phi) is 4.07. The molecule has 0 aliphatic carbocycles. The third-order valence-electron chi connectivity index (χ3n) is 3.49. The Labute approximate surface area is 114 Å². The zero-order chi connectivity index (χ0) is 14.0. The first-order chi connectivity index (χ1) is 8.95. The van der Waals surface area contributed by atoms with Crippen LogP contribution in [0.25, 0.3) is 0 Å². The van der Waals surface area contributed by atoms with Crippen molar-refractivity contribution in [1.82, 2.24) is 14.2 Å². The van der Waals surface area contributed by atoms with Gasteiger partial charge in [-0.1, -0.05) is 0 Å². The second-order valence-electron chi connectivity index (χ2n) is 4.90. The van der Waals surface area contributed by atoms with E-state index in [4.69, 9.17) is 0 Å². The largest absolute Gasteiger partial charge is 0.373 e. The molecule has 1 aromatic rings. The number of likely N-dealkylation sites (N-methyl/N-ethyl adjacent to an activating group) is 1. The molecule has 106 valence electrons. The Morgan fingerprint density at radius 2 is 2.16 bits per heavy atom. The number of sulfonamides is 1. The van der Waals surface area contributed by atoms with E-state index in [2.05, 4.69) is 15.2 Å². The van der Waals surface area contributed by atoms with Gasteiger partial charge in [-0.2, -0.15) is 4.31 Å². The highest BCUT2D eigenvalue weighted by atomic mass is 32.2. The molecule has 1 N–H and O–H groups in total. The Balaban J connectivity index is 2.18. The summed E-state index contributed by atoms with van der Waals surface area (Å²) in [5.74, 6) is 0.659. The molecular weight excluding hydrogens is 264 g/mol. The highest BCUT2D eigenvalue weighted by Gasteiger charge is 2.33. The summed E-state index contributed by atoms with van der Waals surface area (Å²) in [4.78, 5) is 6.38. The van der Waals surface area contributed by atoms with E-state index in [0.29, 0.717) is 24.9 Å². The first-order valence-corrected chi connectivity index (χ1v) is 7.69. The molecule has 19 heavy (non-hydrogen) atoms. The standard InChI is InChI=1S/C12H20N4O2S/c1-13-12-5-4-11(8-14-12)19(17,18)16-7-6-10(9-16)15(2)3/h4-5,8,10H,6-7,9H2,1-3H3,(H,13,14). The molecule has 0 spiro atoms. The van der Waals surface area contributed by atoms with E-state index in [0.717, 1.165) is 6.42 Å². The van der Waals surface area contributed by atoms with Crippen LogP contribution in [-0.4, -0.2) is 62.9 Å². The van der Waals surface area contributed by atoms with Crippen molar-refractivity contribution in [2.45, 2.75) is 17.4 Å². The number of anilines is 1. The molecule has 0 radical (unpaired) electrons. The summed E-state index contributed by atoms with van der Waals surface area (Å²) in [6, 6.07) is 3.56. The number of nitrogens with one attached hydrogen (secondary N) is 1. The normalized spacial score (nSPS) is 20.9. The van der Waals surface area contributed by atoms with Crippen LogP contribution in [0.1, 0.15) is 6.42 Å². The Bertz CT molecular complexity index is 527. The summed E-state index contributed by atoms with van der Waals surface area (Å²) in [6.07, 6.45) is 2.28. The van der Waals surface area contributed by atoms with Crippen molar-refractivity contribution in [2.24, 2.45) is 0 Å². The van der Waals surface area contributed by atoms with Gasteiger partial charge in [0.05, 0.1) is 0 Å². The van der Waals surface area contributed by atoms with E-state index in [9.17, 15) is 8.42 Å². The van der Waals surface area contributed by atoms with Gasteiger partial charge in [0.25, 0.3) is 0 Å².